The zero-order valence-corrected chi connectivity index (χ0v) is 11.3. The second-order valence-electron chi connectivity index (χ2n) is 4.49. The van der Waals surface area contributed by atoms with Gasteiger partial charge >= 0.3 is 0 Å². The van der Waals surface area contributed by atoms with E-state index in [0.29, 0.717) is 0 Å². The summed E-state index contributed by atoms with van der Waals surface area (Å²) in [5.41, 5.74) is 0.565. The molecule has 0 N–H and O–H groups in total. The van der Waals surface area contributed by atoms with E-state index in [2.05, 4.69) is 5.10 Å². The molecule has 0 atom stereocenters. The molecule has 0 saturated heterocycles. The third-order valence-corrected chi connectivity index (χ3v) is 2.94. The van der Waals surface area contributed by atoms with Crippen molar-refractivity contribution in [2.45, 2.75) is 20.0 Å². The fourth-order valence-corrected chi connectivity index (χ4v) is 1.87. The molecule has 0 aliphatic rings. The summed E-state index contributed by atoms with van der Waals surface area (Å²) in [6.45, 7) is 2.97. The van der Waals surface area contributed by atoms with Crippen LogP contribution in [-0.2, 0) is 13.1 Å². The summed E-state index contributed by atoms with van der Waals surface area (Å²) in [4.78, 5) is 13.4. The van der Waals surface area contributed by atoms with Crippen molar-refractivity contribution < 1.29 is 13.6 Å². The SMILES string of the molecule is CCn1cc(CN(C)C(=O)c2cc(F)ccc2F)cn1. The number of halogens is 2. The second-order valence-corrected chi connectivity index (χ2v) is 4.49. The van der Waals surface area contributed by atoms with Crippen LogP contribution in [-0.4, -0.2) is 27.6 Å². The van der Waals surface area contributed by atoms with Gasteiger partial charge in [0.1, 0.15) is 11.6 Å². The maximum Gasteiger partial charge on any atom is 0.256 e. The van der Waals surface area contributed by atoms with Gasteiger partial charge in [-0.05, 0) is 25.1 Å². The van der Waals surface area contributed by atoms with Crippen LogP contribution in [0.1, 0.15) is 22.8 Å². The van der Waals surface area contributed by atoms with E-state index in [-0.39, 0.29) is 12.1 Å². The van der Waals surface area contributed by atoms with Crippen LogP contribution in [0.2, 0.25) is 0 Å². The minimum atomic E-state index is -0.729. The molecule has 0 unspecified atom stereocenters. The lowest BCUT2D eigenvalue weighted by Crippen LogP contribution is -2.27. The molecular formula is C14H15F2N3O. The Bertz CT molecular complexity index is 625. The molecule has 0 spiro atoms. The van der Waals surface area contributed by atoms with Crippen LogP contribution in [0.15, 0.2) is 30.6 Å². The molecule has 2 rings (SSSR count). The van der Waals surface area contributed by atoms with E-state index in [1.165, 1.54) is 11.9 Å². The van der Waals surface area contributed by atoms with Gasteiger partial charge in [-0.2, -0.15) is 5.10 Å². The van der Waals surface area contributed by atoms with Crippen molar-refractivity contribution in [3.8, 4) is 0 Å². The Morgan fingerprint density at radius 3 is 2.80 bits per heavy atom. The molecule has 6 heteroatoms. The predicted octanol–water partition coefficient (Wildman–Crippen LogP) is 2.45. The van der Waals surface area contributed by atoms with Gasteiger partial charge in [0.05, 0.1) is 11.8 Å². The maximum atomic E-state index is 13.5. The van der Waals surface area contributed by atoms with E-state index >= 15 is 0 Å². The van der Waals surface area contributed by atoms with Crippen molar-refractivity contribution in [3.05, 3.63) is 53.4 Å². The molecule has 106 valence electrons. The summed E-state index contributed by atoms with van der Waals surface area (Å²) >= 11 is 0. The minimum Gasteiger partial charge on any atom is -0.337 e. The van der Waals surface area contributed by atoms with Gasteiger partial charge in [0.15, 0.2) is 0 Å². The fourth-order valence-electron chi connectivity index (χ4n) is 1.87. The first-order valence-corrected chi connectivity index (χ1v) is 6.23. The van der Waals surface area contributed by atoms with Crippen molar-refractivity contribution in [2.75, 3.05) is 7.05 Å². The van der Waals surface area contributed by atoms with Crippen molar-refractivity contribution in [2.24, 2.45) is 0 Å². The number of hydrogen-bond acceptors (Lipinski definition) is 2. The molecule has 0 aliphatic carbocycles. The standard InChI is InChI=1S/C14H15F2N3O/c1-3-19-9-10(7-17-19)8-18(2)14(20)12-6-11(15)4-5-13(12)16/h4-7,9H,3,8H2,1-2H3. The van der Waals surface area contributed by atoms with Crippen molar-refractivity contribution in [3.63, 3.8) is 0 Å². The lowest BCUT2D eigenvalue weighted by molar-refractivity contribution is 0.0780. The number of carbonyl (C=O) groups excluding carboxylic acids is 1. The van der Waals surface area contributed by atoms with Crippen LogP contribution < -0.4 is 0 Å². The van der Waals surface area contributed by atoms with Crippen LogP contribution >= 0.6 is 0 Å². The first kappa shape index (κ1) is 14.2. The summed E-state index contributed by atoms with van der Waals surface area (Å²) in [5, 5.41) is 4.10. The Labute approximate surface area is 115 Å². The van der Waals surface area contributed by atoms with Gasteiger partial charge in [0.2, 0.25) is 0 Å². The number of benzene rings is 1. The van der Waals surface area contributed by atoms with Gasteiger partial charge in [-0.15, -0.1) is 0 Å². The predicted molar refractivity (Wildman–Crippen MR) is 70.1 cm³/mol. The number of carbonyl (C=O) groups is 1. The maximum absolute atomic E-state index is 13.5. The van der Waals surface area contributed by atoms with E-state index < -0.39 is 17.5 Å². The van der Waals surface area contributed by atoms with Crippen LogP contribution in [0.25, 0.3) is 0 Å². The average molecular weight is 279 g/mol. The monoisotopic (exact) mass is 279 g/mol. The largest absolute Gasteiger partial charge is 0.337 e. The topological polar surface area (TPSA) is 38.1 Å². The number of aromatic nitrogens is 2. The molecule has 2 aromatic rings. The number of rotatable bonds is 4. The van der Waals surface area contributed by atoms with E-state index in [1.54, 1.807) is 10.9 Å². The molecule has 0 aliphatic heterocycles. The molecule has 1 amide bonds. The van der Waals surface area contributed by atoms with Crippen LogP contribution in [0, 0.1) is 11.6 Å². The second kappa shape index (κ2) is 5.81. The summed E-state index contributed by atoms with van der Waals surface area (Å²) in [5.74, 6) is -1.93. The molecule has 1 heterocycles. The fraction of sp³-hybridized carbons (Fsp3) is 0.286. The molecule has 0 radical (unpaired) electrons. The van der Waals surface area contributed by atoms with Crippen LogP contribution in [0.4, 0.5) is 8.78 Å². The number of nitrogens with zero attached hydrogens (tertiary/aromatic N) is 3. The van der Waals surface area contributed by atoms with Gasteiger partial charge in [-0.25, -0.2) is 8.78 Å². The van der Waals surface area contributed by atoms with E-state index in [1.807, 2.05) is 13.1 Å². The Balaban J connectivity index is 2.14. The zero-order chi connectivity index (χ0) is 14.7. The van der Waals surface area contributed by atoms with Gasteiger partial charge in [0.25, 0.3) is 5.91 Å². The molecule has 0 bridgehead atoms. The summed E-state index contributed by atoms with van der Waals surface area (Å²) in [6.07, 6.45) is 3.46. The lowest BCUT2D eigenvalue weighted by Gasteiger charge is -2.16. The normalized spacial score (nSPS) is 10.6. The Hall–Kier alpha value is -2.24. The summed E-state index contributed by atoms with van der Waals surface area (Å²) in [7, 11) is 1.54. The van der Waals surface area contributed by atoms with Crippen molar-refractivity contribution in [1.29, 1.82) is 0 Å². The lowest BCUT2D eigenvalue weighted by atomic mass is 10.1. The third kappa shape index (κ3) is 3.01. The molecule has 1 aromatic heterocycles. The van der Waals surface area contributed by atoms with Gasteiger partial charge in [-0.3, -0.25) is 9.48 Å². The summed E-state index contributed by atoms with van der Waals surface area (Å²) in [6, 6.07) is 2.84. The molecular weight excluding hydrogens is 264 g/mol. The van der Waals surface area contributed by atoms with Crippen LogP contribution in [0.3, 0.4) is 0 Å². The highest BCUT2D eigenvalue weighted by Crippen LogP contribution is 2.13. The van der Waals surface area contributed by atoms with Gasteiger partial charge < -0.3 is 4.90 Å². The van der Waals surface area contributed by atoms with E-state index in [4.69, 9.17) is 0 Å². The molecule has 0 saturated carbocycles. The van der Waals surface area contributed by atoms with Crippen molar-refractivity contribution >= 4 is 5.91 Å². The van der Waals surface area contributed by atoms with E-state index in [0.717, 1.165) is 30.3 Å². The highest BCUT2D eigenvalue weighted by Gasteiger charge is 2.17. The number of aryl methyl sites for hydroxylation is 1. The molecule has 4 nitrogen and oxygen atoms in total. The highest BCUT2D eigenvalue weighted by molar-refractivity contribution is 5.94. The van der Waals surface area contributed by atoms with Gasteiger partial charge in [0, 0.05) is 31.9 Å². The molecule has 1 aromatic carbocycles. The molecule has 0 fully saturated rings. The Morgan fingerprint density at radius 1 is 1.40 bits per heavy atom. The first-order chi connectivity index (χ1) is 9.51. The zero-order valence-electron chi connectivity index (χ0n) is 11.3. The van der Waals surface area contributed by atoms with Crippen molar-refractivity contribution in [1.82, 2.24) is 14.7 Å². The van der Waals surface area contributed by atoms with Gasteiger partial charge in [-0.1, -0.05) is 0 Å². The minimum absolute atomic E-state index is 0.268. The first-order valence-electron chi connectivity index (χ1n) is 6.23. The molecule has 20 heavy (non-hydrogen) atoms. The van der Waals surface area contributed by atoms with E-state index in [9.17, 15) is 13.6 Å². The number of amides is 1. The smallest absolute Gasteiger partial charge is 0.256 e. The third-order valence-electron chi connectivity index (χ3n) is 2.94. The Morgan fingerprint density at radius 2 is 2.15 bits per heavy atom. The summed E-state index contributed by atoms with van der Waals surface area (Å²) < 4.78 is 28.4. The highest BCUT2D eigenvalue weighted by atomic mass is 19.1. The number of hydrogen-bond donors (Lipinski definition) is 0. The Kier molecular flexibility index (Phi) is 4.12. The average Bonchev–Trinajstić information content (AvgIpc) is 2.88. The van der Waals surface area contributed by atoms with Crippen LogP contribution in [0.5, 0.6) is 0 Å². The quantitative estimate of drug-likeness (QED) is 0.862.